The number of aliphatic hydroxyl groups is 1. The third kappa shape index (κ3) is 4.19. The van der Waals surface area contributed by atoms with Crippen LogP contribution in [-0.2, 0) is 11.2 Å². The largest absolute Gasteiger partial charge is 0.396 e. The molecule has 6 nitrogen and oxygen atoms in total. The standard InChI is InChI=1S/C19H27N3O3.ClH/c23-14-4-13-22-17(24)19(21-18(22)25,16-8-11-20-12-9-16)10-7-15-5-2-1-3-6-15;/h1-3,5-6,16,20,23H,4,7-14H2,(H,21,25);1H. The molecule has 1 atom stereocenters. The molecule has 0 saturated carbocycles. The Labute approximate surface area is 160 Å². The van der Waals surface area contributed by atoms with Gasteiger partial charge in [-0.1, -0.05) is 30.3 Å². The Kier molecular flexibility index (Phi) is 7.43. The molecule has 7 heteroatoms. The number of carbonyl (C=O) groups is 2. The Balaban J connectivity index is 0.00000243. The van der Waals surface area contributed by atoms with Crippen LogP contribution in [0.15, 0.2) is 30.3 Å². The van der Waals surface area contributed by atoms with Gasteiger partial charge in [0.25, 0.3) is 5.91 Å². The predicted molar refractivity (Wildman–Crippen MR) is 102 cm³/mol. The fraction of sp³-hybridized carbons (Fsp3) is 0.579. The lowest BCUT2D eigenvalue weighted by Crippen LogP contribution is -2.56. The second kappa shape index (κ2) is 9.35. The third-order valence-corrected chi connectivity index (χ3v) is 5.43. The molecule has 144 valence electrons. The van der Waals surface area contributed by atoms with E-state index in [1.165, 1.54) is 10.5 Å². The summed E-state index contributed by atoms with van der Waals surface area (Å²) in [6.07, 6.45) is 3.55. The summed E-state index contributed by atoms with van der Waals surface area (Å²) in [4.78, 5) is 27.0. The summed E-state index contributed by atoms with van der Waals surface area (Å²) in [5.74, 6) is 0.0295. The van der Waals surface area contributed by atoms with Gasteiger partial charge in [-0.05, 0) is 56.7 Å². The number of rotatable bonds is 7. The minimum absolute atomic E-state index is 0. The van der Waals surface area contributed by atoms with E-state index < -0.39 is 5.54 Å². The summed E-state index contributed by atoms with van der Waals surface area (Å²) < 4.78 is 0. The van der Waals surface area contributed by atoms with Gasteiger partial charge in [0.2, 0.25) is 0 Å². The van der Waals surface area contributed by atoms with Gasteiger partial charge in [-0.15, -0.1) is 12.4 Å². The number of urea groups is 1. The summed E-state index contributed by atoms with van der Waals surface area (Å²) in [7, 11) is 0. The maximum atomic E-state index is 13.2. The fourth-order valence-corrected chi connectivity index (χ4v) is 4.03. The van der Waals surface area contributed by atoms with Crippen LogP contribution in [-0.4, -0.2) is 53.7 Å². The lowest BCUT2D eigenvalue weighted by Gasteiger charge is -2.38. The van der Waals surface area contributed by atoms with Gasteiger partial charge in [-0.3, -0.25) is 9.69 Å². The lowest BCUT2D eigenvalue weighted by molar-refractivity contribution is -0.134. The number of hydrogen-bond donors (Lipinski definition) is 3. The van der Waals surface area contributed by atoms with Gasteiger partial charge in [-0.25, -0.2) is 4.79 Å². The zero-order valence-electron chi connectivity index (χ0n) is 14.9. The van der Waals surface area contributed by atoms with E-state index in [1.54, 1.807) is 0 Å². The maximum absolute atomic E-state index is 13.2. The van der Waals surface area contributed by atoms with Crippen LogP contribution in [0.25, 0.3) is 0 Å². The van der Waals surface area contributed by atoms with E-state index in [2.05, 4.69) is 22.8 Å². The van der Waals surface area contributed by atoms with Crippen molar-refractivity contribution in [3.63, 3.8) is 0 Å². The first-order valence-electron chi connectivity index (χ1n) is 9.17. The molecule has 3 amide bonds. The number of piperidine rings is 1. The smallest absolute Gasteiger partial charge is 0.325 e. The highest BCUT2D eigenvalue weighted by atomic mass is 35.5. The summed E-state index contributed by atoms with van der Waals surface area (Å²) in [6, 6.07) is 9.77. The van der Waals surface area contributed by atoms with Crippen LogP contribution in [0.1, 0.15) is 31.2 Å². The number of aryl methyl sites for hydroxylation is 1. The van der Waals surface area contributed by atoms with E-state index >= 15 is 0 Å². The second-order valence-electron chi connectivity index (χ2n) is 6.95. The Bertz CT molecular complexity index is 607. The van der Waals surface area contributed by atoms with Gasteiger partial charge in [0, 0.05) is 13.2 Å². The van der Waals surface area contributed by atoms with E-state index in [-0.39, 0.29) is 43.4 Å². The highest BCUT2D eigenvalue weighted by Crippen LogP contribution is 2.36. The number of aliphatic hydroxyl groups excluding tert-OH is 1. The Hall–Kier alpha value is -1.63. The summed E-state index contributed by atoms with van der Waals surface area (Å²) in [5.41, 5.74) is 0.358. The number of nitrogens with one attached hydrogen (secondary N) is 2. The van der Waals surface area contributed by atoms with Crippen molar-refractivity contribution in [2.24, 2.45) is 5.92 Å². The number of hydrogen-bond acceptors (Lipinski definition) is 4. The first-order chi connectivity index (χ1) is 12.2. The van der Waals surface area contributed by atoms with Crippen LogP contribution in [0.3, 0.4) is 0 Å². The molecule has 0 bridgehead atoms. The average molecular weight is 382 g/mol. The van der Waals surface area contributed by atoms with Crippen molar-refractivity contribution >= 4 is 24.3 Å². The first-order valence-corrected chi connectivity index (χ1v) is 9.17. The van der Waals surface area contributed by atoms with Gasteiger partial charge in [0.05, 0.1) is 0 Å². The van der Waals surface area contributed by atoms with Crippen LogP contribution in [0.2, 0.25) is 0 Å². The van der Waals surface area contributed by atoms with Crippen molar-refractivity contribution in [2.75, 3.05) is 26.2 Å². The fourth-order valence-electron chi connectivity index (χ4n) is 4.03. The van der Waals surface area contributed by atoms with Crippen molar-refractivity contribution in [2.45, 2.75) is 37.6 Å². The molecule has 2 heterocycles. The first kappa shape index (κ1) is 20.7. The number of amides is 3. The predicted octanol–water partition coefficient (Wildman–Crippen LogP) is 1.71. The van der Waals surface area contributed by atoms with Crippen molar-refractivity contribution < 1.29 is 14.7 Å². The third-order valence-electron chi connectivity index (χ3n) is 5.43. The van der Waals surface area contributed by atoms with Crippen LogP contribution >= 0.6 is 12.4 Å². The minimum Gasteiger partial charge on any atom is -0.396 e. The Morgan fingerprint density at radius 1 is 1.15 bits per heavy atom. The van der Waals surface area contributed by atoms with Gasteiger partial charge in [0.1, 0.15) is 5.54 Å². The summed E-state index contributed by atoms with van der Waals surface area (Å²) >= 11 is 0. The topological polar surface area (TPSA) is 81.7 Å². The quantitative estimate of drug-likeness (QED) is 0.628. The highest BCUT2D eigenvalue weighted by Gasteiger charge is 2.54. The molecule has 2 aliphatic rings. The van der Waals surface area contributed by atoms with E-state index in [0.29, 0.717) is 12.8 Å². The van der Waals surface area contributed by atoms with Crippen LogP contribution in [0.4, 0.5) is 4.79 Å². The molecule has 3 rings (SSSR count). The highest BCUT2D eigenvalue weighted by molar-refractivity contribution is 6.07. The molecule has 1 aromatic rings. The van der Waals surface area contributed by atoms with Crippen LogP contribution in [0.5, 0.6) is 0 Å². The van der Waals surface area contributed by atoms with Crippen molar-refractivity contribution in [1.29, 1.82) is 0 Å². The second-order valence-corrected chi connectivity index (χ2v) is 6.95. The van der Waals surface area contributed by atoms with Gasteiger partial charge < -0.3 is 15.7 Å². The Morgan fingerprint density at radius 3 is 2.50 bits per heavy atom. The van der Waals surface area contributed by atoms with E-state index in [0.717, 1.165) is 32.4 Å². The molecular formula is C19H28ClN3O3. The van der Waals surface area contributed by atoms with Crippen molar-refractivity contribution in [3.05, 3.63) is 35.9 Å². The van der Waals surface area contributed by atoms with E-state index in [9.17, 15) is 9.59 Å². The number of halogens is 1. The zero-order valence-corrected chi connectivity index (χ0v) is 15.8. The van der Waals surface area contributed by atoms with E-state index in [4.69, 9.17) is 5.11 Å². The van der Waals surface area contributed by atoms with Gasteiger partial charge in [0.15, 0.2) is 0 Å². The number of nitrogens with zero attached hydrogens (tertiary/aromatic N) is 1. The molecule has 26 heavy (non-hydrogen) atoms. The molecule has 1 unspecified atom stereocenters. The summed E-state index contributed by atoms with van der Waals surface area (Å²) in [5, 5.41) is 15.4. The molecule has 2 fully saturated rings. The zero-order chi connectivity index (χ0) is 17.7. The molecule has 2 aliphatic heterocycles. The molecule has 0 radical (unpaired) electrons. The normalized spacial score (nSPS) is 23.7. The minimum atomic E-state index is -0.815. The SMILES string of the molecule is Cl.O=C1NC(CCc2ccccc2)(C2CCNCC2)C(=O)N1CCCO. The van der Waals surface area contributed by atoms with Crippen molar-refractivity contribution in [1.82, 2.24) is 15.5 Å². The summed E-state index contributed by atoms with van der Waals surface area (Å²) in [6.45, 7) is 2.00. The van der Waals surface area contributed by atoms with Gasteiger partial charge >= 0.3 is 6.03 Å². The van der Waals surface area contributed by atoms with Crippen LogP contribution < -0.4 is 10.6 Å². The van der Waals surface area contributed by atoms with Crippen molar-refractivity contribution in [3.8, 4) is 0 Å². The molecule has 3 N–H and O–H groups in total. The molecule has 0 spiro atoms. The lowest BCUT2D eigenvalue weighted by atomic mass is 9.74. The number of carbonyl (C=O) groups excluding carboxylic acids is 2. The van der Waals surface area contributed by atoms with Gasteiger partial charge in [-0.2, -0.15) is 0 Å². The molecule has 0 aromatic heterocycles. The number of benzene rings is 1. The maximum Gasteiger partial charge on any atom is 0.325 e. The number of imide groups is 1. The molecular weight excluding hydrogens is 354 g/mol. The average Bonchev–Trinajstić information content (AvgIpc) is 2.91. The Morgan fingerprint density at radius 2 is 1.85 bits per heavy atom. The monoisotopic (exact) mass is 381 g/mol. The molecule has 1 aromatic carbocycles. The van der Waals surface area contributed by atoms with Crippen LogP contribution in [0, 0.1) is 5.92 Å². The molecule has 2 saturated heterocycles. The van der Waals surface area contributed by atoms with E-state index in [1.807, 2.05) is 18.2 Å². The molecule has 0 aliphatic carbocycles.